The predicted molar refractivity (Wildman–Crippen MR) is 55.6 cm³/mol. The summed E-state index contributed by atoms with van der Waals surface area (Å²) in [5.41, 5.74) is 0. The minimum absolute atomic E-state index is 0.0668. The van der Waals surface area contributed by atoms with Gasteiger partial charge in [-0.1, -0.05) is 13.8 Å². The highest BCUT2D eigenvalue weighted by Gasteiger charge is 2.33. The van der Waals surface area contributed by atoms with Gasteiger partial charge in [-0.05, 0) is 5.92 Å². The molecule has 0 aromatic carbocycles. The van der Waals surface area contributed by atoms with E-state index in [1.807, 2.05) is 19.9 Å². The van der Waals surface area contributed by atoms with Crippen LogP contribution >= 0.6 is 0 Å². The van der Waals surface area contributed by atoms with Crippen molar-refractivity contribution in [2.24, 2.45) is 5.92 Å². The molecule has 1 heterocycles. The van der Waals surface area contributed by atoms with Crippen LogP contribution in [0.15, 0.2) is 0 Å². The third kappa shape index (κ3) is 3.16. The van der Waals surface area contributed by atoms with Gasteiger partial charge in [-0.25, -0.2) is 8.42 Å². The van der Waals surface area contributed by atoms with Gasteiger partial charge in [-0.3, -0.25) is 0 Å². The normalized spacial score (nSPS) is 24.0. The van der Waals surface area contributed by atoms with E-state index in [4.69, 9.17) is 10.00 Å². The molecule has 5 nitrogen and oxygen atoms in total. The number of nitriles is 1. The highest BCUT2D eigenvalue weighted by Crippen LogP contribution is 2.14. The Hall–Kier alpha value is -0.640. The molecule has 0 amide bonds. The zero-order valence-electron chi connectivity index (χ0n) is 9.01. The van der Waals surface area contributed by atoms with Gasteiger partial charge in [-0.15, -0.1) is 0 Å². The van der Waals surface area contributed by atoms with E-state index in [0.717, 1.165) is 0 Å². The molecule has 0 bridgehead atoms. The summed E-state index contributed by atoms with van der Waals surface area (Å²) in [6.45, 7) is 4.52. The number of nitrogens with zero attached hydrogens (tertiary/aromatic N) is 2. The Morgan fingerprint density at radius 3 is 2.80 bits per heavy atom. The zero-order valence-corrected chi connectivity index (χ0v) is 9.83. The lowest BCUT2D eigenvalue weighted by Gasteiger charge is -2.30. The van der Waals surface area contributed by atoms with Gasteiger partial charge in [0.1, 0.15) is 6.04 Å². The molecule has 1 fully saturated rings. The SMILES string of the molecule is CC(C)CS(=O)(=O)N1CCOC[C@H]1C#N. The summed E-state index contributed by atoms with van der Waals surface area (Å²) in [5, 5.41) is 8.82. The van der Waals surface area contributed by atoms with Crippen LogP contribution in [0, 0.1) is 17.2 Å². The maximum atomic E-state index is 11.9. The van der Waals surface area contributed by atoms with Gasteiger partial charge in [0.15, 0.2) is 0 Å². The number of rotatable bonds is 3. The van der Waals surface area contributed by atoms with Gasteiger partial charge in [0.25, 0.3) is 0 Å². The van der Waals surface area contributed by atoms with Gasteiger partial charge < -0.3 is 4.74 Å². The van der Waals surface area contributed by atoms with Crippen molar-refractivity contribution >= 4 is 10.0 Å². The lowest BCUT2D eigenvalue weighted by Crippen LogP contribution is -2.49. The van der Waals surface area contributed by atoms with Gasteiger partial charge in [0, 0.05) is 6.54 Å². The zero-order chi connectivity index (χ0) is 11.5. The highest BCUT2D eigenvalue weighted by atomic mass is 32.2. The van der Waals surface area contributed by atoms with E-state index in [1.165, 1.54) is 4.31 Å². The molecule has 0 saturated carbocycles. The maximum Gasteiger partial charge on any atom is 0.215 e. The Labute approximate surface area is 90.7 Å². The Kier molecular flexibility index (Phi) is 4.08. The Balaban J connectivity index is 2.80. The van der Waals surface area contributed by atoms with Crippen LogP contribution in [-0.2, 0) is 14.8 Å². The lowest BCUT2D eigenvalue weighted by atomic mass is 10.3. The average Bonchev–Trinajstić information content (AvgIpc) is 2.16. The van der Waals surface area contributed by atoms with Crippen molar-refractivity contribution in [1.29, 1.82) is 5.26 Å². The molecule has 86 valence electrons. The monoisotopic (exact) mass is 232 g/mol. The first-order valence-electron chi connectivity index (χ1n) is 4.94. The molecule has 0 unspecified atom stereocenters. The Morgan fingerprint density at radius 1 is 1.60 bits per heavy atom. The first-order chi connectivity index (χ1) is 6.97. The molecule has 0 aromatic heterocycles. The summed E-state index contributed by atoms with van der Waals surface area (Å²) < 4.78 is 30.1. The molecule has 15 heavy (non-hydrogen) atoms. The van der Waals surface area contributed by atoms with Gasteiger partial charge in [0.2, 0.25) is 10.0 Å². The molecule has 1 saturated heterocycles. The molecule has 1 aliphatic heterocycles. The second kappa shape index (κ2) is 4.92. The molecule has 0 aromatic rings. The highest BCUT2D eigenvalue weighted by molar-refractivity contribution is 7.89. The van der Waals surface area contributed by atoms with Crippen molar-refractivity contribution in [2.75, 3.05) is 25.5 Å². The summed E-state index contributed by atoms with van der Waals surface area (Å²) in [6, 6.07) is 1.29. The van der Waals surface area contributed by atoms with Crippen LogP contribution in [0.2, 0.25) is 0 Å². The van der Waals surface area contributed by atoms with Gasteiger partial charge in [0.05, 0.1) is 25.0 Å². The second-order valence-corrected chi connectivity index (χ2v) is 5.97. The minimum Gasteiger partial charge on any atom is -0.377 e. The van der Waals surface area contributed by atoms with E-state index in [0.29, 0.717) is 6.61 Å². The predicted octanol–water partition coefficient (Wildman–Crippen LogP) is 0.197. The first-order valence-corrected chi connectivity index (χ1v) is 6.55. The van der Waals surface area contributed by atoms with Crippen molar-refractivity contribution in [2.45, 2.75) is 19.9 Å². The number of sulfonamides is 1. The lowest BCUT2D eigenvalue weighted by molar-refractivity contribution is 0.0510. The van der Waals surface area contributed by atoms with Crippen molar-refractivity contribution < 1.29 is 13.2 Å². The third-order valence-electron chi connectivity index (χ3n) is 2.13. The molecule has 1 atom stereocenters. The topological polar surface area (TPSA) is 70.4 Å². The fourth-order valence-electron chi connectivity index (χ4n) is 1.54. The maximum absolute atomic E-state index is 11.9. The Bertz CT molecular complexity index is 345. The number of hydrogen-bond acceptors (Lipinski definition) is 4. The van der Waals surface area contributed by atoms with E-state index in [1.54, 1.807) is 0 Å². The quantitative estimate of drug-likeness (QED) is 0.696. The number of hydrogen-bond donors (Lipinski definition) is 0. The van der Waals surface area contributed by atoms with Crippen LogP contribution in [0.25, 0.3) is 0 Å². The van der Waals surface area contributed by atoms with Crippen molar-refractivity contribution in [1.82, 2.24) is 4.31 Å². The van der Waals surface area contributed by atoms with E-state index in [9.17, 15) is 8.42 Å². The summed E-state index contributed by atoms with van der Waals surface area (Å²) in [6.07, 6.45) is 0. The van der Waals surface area contributed by atoms with Crippen LogP contribution in [0.1, 0.15) is 13.8 Å². The molecule has 1 rings (SSSR count). The minimum atomic E-state index is -3.31. The molecule has 0 spiro atoms. The smallest absolute Gasteiger partial charge is 0.215 e. The average molecular weight is 232 g/mol. The molecule has 6 heteroatoms. The van der Waals surface area contributed by atoms with Crippen LogP contribution in [-0.4, -0.2) is 44.3 Å². The molecule has 0 radical (unpaired) electrons. The van der Waals surface area contributed by atoms with Crippen molar-refractivity contribution in [3.63, 3.8) is 0 Å². The standard InChI is InChI=1S/C9H16N2O3S/c1-8(2)7-15(12,13)11-3-4-14-6-9(11)5-10/h8-9H,3-4,6-7H2,1-2H3/t9-/m1/s1. The third-order valence-corrected chi connectivity index (χ3v) is 4.37. The van der Waals surface area contributed by atoms with Crippen molar-refractivity contribution in [3.05, 3.63) is 0 Å². The van der Waals surface area contributed by atoms with Crippen molar-refractivity contribution in [3.8, 4) is 6.07 Å². The summed E-state index contributed by atoms with van der Waals surface area (Å²) >= 11 is 0. The second-order valence-electron chi connectivity index (χ2n) is 4.00. The van der Waals surface area contributed by atoms with Gasteiger partial charge >= 0.3 is 0 Å². The van der Waals surface area contributed by atoms with Crippen LogP contribution in [0.3, 0.4) is 0 Å². The van der Waals surface area contributed by atoms with E-state index in [2.05, 4.69) is 0 Å². The van der Waals surface area contributed by atoms with E-state index >= 15 is 0 Å². The van der Waals surface area contributed by atoms with Crippen LogP contribution in [0.5, 0.6) is 0 Å². The Morgan fingerprint density at radius 2 is 2.27 bits per heavy atom. The number of morpholine rings is 1. The molecule has 0 N–H and O–H groups in total. The molecular formula is C9H16N2O3S. The largest absolute Gasteiger partial charge is 0.377 e. The molecule has 0 aliphatic carbocycles. The number of ether oxygens (including phenoxy) is 1. The van der Waals surface area contributed by atoms with Gasteiger partial charge in [-0.2, -0.15) is 9.57 Å². The first kappa shape index (κ1) is 12.4. The fraction of sp³-hybridized carbons (Fsp3) is 0.889. The molecule has 1 aliphatic rings. The summed E-state index contributed by atoms with van der Waals surface area (Å²) in [5.74, 6) is 0.155. The summed E-state index contributed by atoms with van der Waals surface area (Å²) in [4.78, 5) is 0. The summed E-state index contributed by atoms with van der Waals surface area (Å²) in [7, 11) is -3.31. The molecular weight excluding hydrogens is 216 g/mol. The van der Waals surface area contributed by atoms with Crippen LogP contribution in [0.4, 0.5) is 0 Å². The van der Waals surface area contributed by atoms with E-state index < -0.39 is 16.1 Å². The fourth-order valence-corrected chi connectivity index (χ4v) is 3.42. The van der Waals surface area contributed by atoms with Crippen LogP contribution < -0.4 is 0 Å². The van der Waals surface area contributed by atoms with E-state index in [-0.39, 0.29) is 24.8 Å².